The monoisotopic (exact) mass is 286 g/mol. The second-order valence-electron chi connectivity index (χ2n) is 4.88. The molecule has 2 aromatic rings. The Balaban J connectivity index is 2.60. The smallest absolute Gasteiger partial charge is 0.379 e. The Kier molecular flexibility index (Phi) is 4.58. The molecular formula is C17H18O4. The first-order valence-corrected chi connectivity index (χ1v) is 6.94. The quantitative estimate of drug-likeness (QED) is 0.480. The van der Waals surface area contributed by atoms with Crippen molar-refractivity contribution in [1.82, 2.24) is 0 Å². The Labute approximate surface area is 123 Å². The van der Waals surface area contributed by atoms with Crippen LogP contribution >= 0.6 is 0 Å². The highest BCUT2D eigenvalue weighted by molar-refractivity contribution is 6.43. The Morgan fingerprint density at radius 2 is 1.81 bits per heavy atom. The van der Waals surface area contributed by atoms with Crippen LogP contribution in [0.2, 0.25) is 0 Å². The van der Waals surface area contributed by atoms with E-state index in [1.807, 2.05) is 38.1 Å². The molecule has 21 heavy (non-hydrogen) atoms. The van der Waals surface area contributed by atoms with Crippen LogP contribution in [0.15, 0.2) is 36.4 Å². The number of benzene rings is 2. The molecule has 4 heteroatoms. The lowest BCUT2D eigenvalue weighted by molar-refractivity contribution is -0.137. The molecule has 0 heterocycles. The van der Waals surface area contributed by atoms with E-state index < -0.39 is 11.8 Å². The molecular weight excluding hydrogens is 268 g/mol. The second-order valence-corrected chi connectivity index (χ2v) is 4.88. The van der Waals surface area contributed by atoms with Gasteiger partial charge in [-0.1, -0.05) is 30.3 Å². The summed E-state index contributed by atoms with van der Waals surface area (Å²) in [6.45, 7) is 5.57. The highest BCUT2D eigenvalue weighted by atomic mass is 16.5. The fourth-order valence-electron chi connectivity index (χ4n) is 2.14. The van der Waals surface area contributed by atoms with Crippen LogP contribution in [0.25, 0.3) is 10.8 Å². The van der Waals surface area contributed by atoms with E-state index in [0.717, 1.165) is 5.39 Å². The molecule has 0 fully saturated rings. The first-order valence-electron chi connectivity index (χ1n) is 6.94. The van der Waals surface area contributed by atoms with Crippen molar-refractivity contribution in [2.75, 3.05) is 6.61 Å². The van der Waals surface area contributed by atoms with Crippen molar-refractivity contribution in [3.8, 4) is 5.75 Å². The van der Waals surface area contributed by atoms with Crippen molar-refractivity contribution < 1.29 is 19.1 Å². The molecule has 2 aromatic carbocycles. The van der Waals surface area contributed by atoms with E-state index in [1.165, 1.54) is 0 Å². The molecule has 0 amide bonds. The average molecular weight is 286 g/mol. The predicted molar refractivity (Wildman–Crippen MR) is 80.7 cm³/mol. The Morgan fingerprint density at radius 3 is 2.48 bits per heavy atom. The van der Waals surface area contributed by atoms with Crippen LogP contribution in [0.5, 0.6) is 5.75 Å². The second kappa shape index (κ2) is 6.39. The van der Waals surface area contributed by atoms with Gasteiger partial charge >= 0.3 is 5.97 Å². The van der Waals surface area contributed by atoms with Gasteiger partial charge in [-0.25, -0.2) is 4.79 Å². The Hall–Kier alpha value is -2.36. The number of ketones is 1. The number of hydrogen-bond donors (Lipinski definition) is 0. The van der Waals surface area contributed by atoms with Crippen molar-refractivity contribution in [3.63, 3.8) is 0 Å². The third-order valence-corrected chi connectivity index (χ3v) is 2.94. The van der Waals surface area contributed by atoms with Crippen molar-refractivity contribution in [1.29, 1.82) is 0 Å². The van der Waals surface area contributed by atoms with Gasteiger partial charge in [-0.05, 0) is 37.6 Å². The number of fused-ring (bicyclic) bond motifs is 1. The van der Waals surface area contributed by atoms with Gasteiger partial charge < -0.3 is 9.47 Å². The molecule has 110 valence electrons. The van der Waals surface area contributed by atoms with Crippen LogP contribution in [0.3, 0.4) is 0 Å². The molecule has 0 N–H and O–H groups in total. The maximum Gasteiger partial charge on any atom is 0.379 e. The molecule has 0 bridgehead atoms. The minimum absolute atomic E-state index is 0.0973. The minimum atomic E-state index is -0.859. The SMILES string of the molecule is CCOC(=O)C(=O)c1c(OC(C)C)ccc2ccccc12. The van der Waals surface area contributed by atoms with Gasteiger partial charge in [0.15, 0.2) is 0 Å². The van der Waals surface area contributed by atoms with Crippen molar-refractivity contribution in [3.05, 3.63) is 42.0 Å². The van der Waals surface area contributed by atoms with E-state index >= 15 is 0 Å². The van der Waals surface area contributed by atoms with Crippen LogP contribution in [-0.2, 0) is 9.53 Å². The molecule has 0 aliphatic rings. The number of esters is 1. The summed E-state index contributed by atoms with van der Waals surface area (Å²) in [7, 11) is 0. The van der Waals surface area contributed by atoms with Crippen LogP contribution in [0.1, 0.15) is 31.1 Å². The predicted octanol–water partition coefficient (Wildman–Crippen LogP) is 3.37. The lowest BCUT2D eigenvalue weighted by atomic mass is 10.00. The van der Waals surface area contributed by atoms with Crippen LogP contribution in [0.4, 0.5) is 0 Å². The lowest BCUT2D eigenvalue weighted by Gasteiger charge is -2.15. The summed E-state index contributed by atoms with van der Waals surface area (Å²) >= 11 is 0. The van der Waals surface area contributed by atoms with E-state index in [0.29, 0.717) is 11.1 Å². The maximum absolute atomic E-state index is 12.4. The van der Waals surface area contributed by atoms with Crippen LogP contribution in [-0.4, -0.2) is 24.5 Å². The summed E-state index contributed by atoms with van der Waals surface area (Å²) in [5.41, 5.74) is 0.264. The lowest BCUT2D eigenvalue weighted by Crippen LogP contribution is -2.20. The molecule has 0 radical (unpaired) electrons. The van der Waals surface area contributed by atoms with Gasteiger partial charge in [-0.2, -0.15) is 0 Å². The molecule has 2 rings (SSSR count). The van der Waals surface area contributed by atoms with E-state index in [4.69, 9.17) is 9.47 Å². The average Bonchev–Trinajstić information content (AvgIpc) is 2.46. The summed E-state index contributed by atoms with van der Waals surface area (Å²) in [4.78, 5) is 24.2. The summed E-state index contributed by atoms with van der Waals surface area (Å²) in [6.07, 6.45) is -0.0973. The van der Waals surface area contributed by atoms with Crippen LogP contribution in [0, 0.1) is 0 Å². The fourth-order valence-corrected chi connectivity index (χ4v) is 2.14. The Bertz CT molecular complexity index is 674. The molecule has 0 spiro atoms. The number of ether oxygens (including phenoxy) is 2. The van der Waals surface area contributed by atoms with Crippen molar-refractivity contribution in [2.45, 2.75) is 26.9 Å². The zero-order chi connectivity index (χ0) is 15.4. The Morgan fingerprint density at radius 1 is 1.10 bits per heavy atom. The number of rotatable bonds is 5. The number of hydrogen-bond acceptors (Lipinski definition) is 4. The van der Waals surface area contributed by atoms with Gasteiger partial charge in [-0.15, -0.1) is 0 Å². The number of carbonyl (C=O) groups excluding carboxylic acids is 2. The fraction of sp³-hybridized carbons (Fsp3) is 0.294. The summed E-state index contributed by atoms with van der Waals surface area (Å²) in [5.74, 6) is -1.13. The van der Waals surface area contributed by atoms with Crippen molar-refractivity contribution in [2.24, 2.45) is 0 Å². The molecule has 0 saturated heterocycles. The highest BCUT2D eigenvalue weighted by Gasteiger charge is 2.24. The van der Waals surface area contributed by atoms with Gasteiger partial charge in [0.25, 0.3) is 5.78 Å². The van der Waals surface area contributed by atoms with E-state index in [9.17, 15) is 9.59 Å². The largest absolute Gasteiger partial charge is 0.490 e. The van der Waals surface area contributed by atoms with E-state index in [1.54, 1.807) is 19.1 Å². The first kappa shape index (κ1) is 15.0. The standard InChI is InChI=1S/C17H18O4/c1-4-20-17(19)16(18)15-13-8-6-5-7-12(13)9-10-14(15)21-11(2)3/h5-11H,4H2,1-3H3. The van der Waals surface area contributed by atoms with Gasteiger partial charge in [0.1, 0.15) is 5.75 Å². The van der Waals surface area contributed by atoms with Gasteiger partial charge in [0, 0.05) is 0 Å². The van der Waals surface area contributed by atoms with Gasteiger partial charge in [-0.3, -0.25) is 4.79 Å². The number of carbonyl (C=O) groups is 2. The topological polar surface area (TPSA) is 52.6 Å². The molecule has 0 unspecified atom stereocenters. The molecule has 0 atom stereocenters. The van der Waals surface area contributed by atoms with Crippen molar-refractivity contribution >= 4 is 22.5 Å². The zero-order valence-electron chi connectivity index (χ0n) is 12.4. The van der Waals surface area contributed by atoms with Gasteiger partial charge in [0.2, 0.25) is 0 Å². The summed E-state index contributed by atoms with van der Waals surface area (Å²) in [5, 5.41) is 1.56. The third kappa shape index (κ3) is 3.21. The molecule has 0 aliphatic carbocycles. The first-order chi connectivity index (χ1) is 10.0. The summed E-state index contributed by atoms with van der Waals surface area (Å²) < 4.78 is 10.5. The van der Waals surface area contributed by atoms with E-state index in [2.05, 4.69) is 0 Å². The molecule has 0 saturated carbocycles. The molecule has 0 aliphatic heterocycles. The van der Waals surface area contributed by atoms with Gasteiger partial charge in [0.05, 0.1) is 18.3 Å². The molecule has 4 nitrogen and oxygen atoms in total. The number of Topliss-reactive ketones (excluding diaryl/α,β-unsaturated/α-hetero) is 1. The third-order valence-electron chi connectivity index (χ3n) is 2.94. The van der Waals surface area contributed by atoms with Crippen LogP contribution < -0.4 is 4.74 Å². The summed E-state index contributed by atoms with van der Waals surface area (Å²) in [6, 6.07) is 11.0. The zero-order valence-corrected chi connectivity index (χ0v) is 12.4. The normalized spacial score (nSPS) is 10.7. The minimum Gasteiger partial charge on any atom is -0.490 e. The maximum atomic E-state index is 12.4. The highest BCUT2D eigenvalue weighted by Crippen LogP contribution is 2.29. The van der Waals surface area contributed by atoms with E-state index in [-0.39, 0.29) is 18.3 Å². The molecule has 0 aromatic heterocycles.